The SMILES string of the molecule is CC[NH+](CC)C[C@@H](C)N1C(=O)c2ccccc2C1=O. The van der Waals surface area contributed by atoms with Crippen LogP contribution in [-0.4, -0.2) is 42.4 Å². The van der Waals surface area contributed by atoms with Crippen LogP contribution in [0.4, 0.5) is 0 Å². The number of quaternary nitrogens is 1. The number of imide groups is 1. The van der Waals surface area contributed by atoms with Crippen molar-refractivity contribution in [3.05, 3.63) is 35.4 Å². The van der Waals surface area contributed by atoms with Crippen molar-refractivity contribution in [2.75, 3.05) is 19.6 Å². The van der Waals surface area contributed by atoms with Gasteiger partial charge in [-0.3, -0.25) is 14.5 Å². The fourth-order valence-corrected chi connectivity index (χ4v) is 2.66. The highest BCUT2D eigenvalue weighted by Crippen LogP contribution is 2.23. The van der Waals surface area contributed by atoms with Crippen molar-refractivity contribution in [1.82, 2.24) is 4.90 Å². The van der Waals surface area contributed by atoms with Crippen LogP contribution in [0, 0.1) is 0 Å². The summed E-state index contributed by atoms with van der Waals surface area (Å²) >= 11 is 0. The summed E-state index contributed by atoms with van der Waals surface area (Å²) in [5, 5.41) is 0. The van der Waals surface area contributed by atoms with E-state index in [1.165, 1.54) is 9.80 Å². The molecule has 0 aromatic heterocycles. The molecule has 1 heterocycles. The Labute approximate surface area is 114 Å². The van der Waals surface area contributed by atoms with Crippen LogP contribution in [0.2, 0.25) is 0 Å². The van der Waals surface area contributed by atoms with Gasteiger partial charge in [0.15, 0.2) is 0 Å². The Morgan fingerprint density at radius 2 is 1.53 bits per heavy atom. The predicted molar refractivity (Wildman–Crippen MR) is 73.3 cm³/mol. The molecule has 4 nitrogen and oxygen atoms in total. The number of carbonyl (C=O) groups excluding carboxylic acids is 2. The Bertz CT molecular complexity index is 460. The molecule has 1 aliphatic heterocycles. The van der Waals surface area contributed by atoms with Crippen molar-refractivity contribution >= 4 is 11.8 Å². The van der Waals surface area contributed by atoms with Gasteiger partial charge in [0.1, 0.15) is 0 Å². The van der Waals surface area contributed by atoms with Gasteiger partial charge in [0, 0.05) is 0 Å². The first-order valence-electron chi connectivity index (χ1n) is 6.90. The number of fused-ring (bicyclic) bond motifs is 1. The number of amides is 2. The highest BCUT2D eigenvalue weighted by atomic mass is 16.2. The molecule has 1 aliphatic rings. The third-order valence-electron chi connectivity index (χ3n) is 3.85. The van der Waals surface area contributed by atoms with Gasteiger partial charge in [0.2, 0.25) is 0 Å². The molecule has 0 saturated carbocycles. The summed E-state index contributed by atoms with van der Waals surface area (Å²) < 4.78 is 0. The first-order chi connectivity index (χ1) is 9.10. The quantitative estimate of drug-likeness (QED) is 0.789. The Kier molecular flexibility index (Phi) is 4.00. The van der Waals surface area contributed by atoms with Crippen molar-refractivity contribution in [1.29, 1.82) is 0 Å². The summed E-state index contributed by atoms with van der Waals surface area (Å²) in [5.74, 6) is -0.306. The molecule has 1 aromatic carbocycles. The van der Waals surface area contributed by atoms with Crippen LogP contribution in [0.25, 0.3) is 0 Å². The molecule has 0 fully saturated rings. The summed E-state index contributed by atoms with van der Waals surface area (Å²) in [6.45, 7) is 9.00. The Morgan fingerprint density at radius 3 is 1.95 bits per heavy atom. The van der Waals surface area contributed by atoms with Crippen molar-refractivity contribution < 1.29 is 14.5 Å². The van der Waals surface area contributed by atoms with Gasteiger partial charge in [0.05, 0.1) is 36.8 Å². The minimum absolute atomic E-state index is 0.0673. The summed E-state index contributed by atoms with van der Waals surface area (Å²) in [7, 11) is 0. The maximum Gasteiger partial charge on any atom is 0.262 e. The summed E-state index contributed by atoms with van der Waals surface area (Å²) in [6.07, 6.45) is 0. The van der Waals surface area contributed by atoms with Crippen molar-refractivity contribution in [2.24, 2.45) is 0 Å². The normalized spacial score (nSPS) is 16.1. The fourth-order valence-electron chi connectivity index (χ4n) is 2.66. The van der Waals surface area contributed by atoms with Crippen LogP contribution in [0.5, 0.6) is 0 Å². The topological polar surface area (TPSA) is 41.8 Å². The largest absolute Gasteiger partial charge is 0.334 e. The van der Waals surface area contributed by atoms with E-state index in [4.69, 9.17) is 0 Å². The highest BCUT2D eigenvalue weighted by molar-refractivity contribution is 6.21. The molecule has 0 aliphatic carbocycles. The average molecular weight is 261 g/mol. The molecule has 19 heavy (non-hydrogen) atoms. The summed E-state index contributed by atoms with van der Waals surface area (Å²) in [5.41, 5.74) is 1.07. The van der Waals surface area contributed by atoms with E-state index >= 15 is 0 Å². The van der Waals surface area contributed by atoms with Crippen molar-refractivity contribution in [3.8, 4) is 0 Å². The van der Waals surface area contributed by atoms with E-state index < -0.39 is 0 Å². The van der Waals surface area contributed by atoms with Gasteiger partial charge in [-0.2, -0.15) is 0 Å². The van der Waals surface area contributed by atoms with Gasteiger partial charge in [-0.15, -0.1) is 0 Å². The van der Waals surface area contributed by atoms with Crippen LogP contribution in [0.15, 0.2) is 24.3 Å². The van der Waals surface area contributed by atoms with Crippen molar-refractivity contribution in [2.45, 2.75) is 26.8 Å². The monoisotopic (exact) mass is 261 g/mol. The zero-order valence-corrected chi connectivity index (χ0v) is 11.8. The van der Waals surface area contributed by atoms with E-state index in [1.807, 2.05) is 6.92 Å². The molecule has 1 N–H and O–H groups in total. The molecule has 1 atom stereocenters. The lowest BCUT2D eigenvalue weighted by atomic mass is 10.1. The van der Waals surface area contributed by atoms with E-state index in [0.29, 0.717) is 11.1 Å². The minimum Gasteiger partial charge on any atom is -0.334 e. The molecule has 0 bridgehead atoms. The fraction of sp³-hybridized carbons (Fsp3) is 0.467. The number of nitrogens with one attached hydrogen (secondary N) is 1. The lowest BCUT2D eigenvalue weighted by Crippen LogP contribution is -3.12. The van der Waals surface area contributed by atoms with Crippen molar-refractivity contribution in [3.63, 3.8) is 0 Å². The molecule has 4 heteroatoms. The van der Waals surface area contributed by atoms with Crippen LogP contribution in [0.3, 0.4) is 0 Å². The summed E-state index contributed by atoms with van der Waals surface area (Å²) in [6, 6.07) is 6.99. The molecule has 102 valence electrons. The second kappa shape index (κ2) is 5.53. The molecular weight excluding hydrogens is 240 g/mol. The van der Waals surface area contributed by atoms with Gasteiger partial charge in [0.25, 0.3) is 11.8 Å². The lowest BCUT2D eigenvalue weighted by molar-refractivity contribution is -0.897. The van der Waals surface area contributed by atoms with Gasteiger partial charge in [-0.1, -0.05) is 12.1 Å². The predicted octanol–water partition coefficient (Wildman–Crippen LogP) is 0.596. The maximum absolute atomic E-state index is 12.3. The number of carbonyl (C=O) groups is 2. The van der Waals surface area contributed by atoms with E-state index in [1.54, 1.807) is 24.3 Å². The molecule has 2 amide bonds. The first-order valence-corrected chi connectivity index (χ1v) is 6.90. The molecule has 0 radical (unpaired) electrons. The maximum atomic E-state index is 12.3. The molecule has 1 aromatic rings. The highest BCUT2D eigenvalue weighted by Gasteiger charge is 2.39. The Hall–Kier alpha value is -1.68. The zero-order valence-electron chi connectivity index (χ0n) is 11.8. The number of hydrogen-bond donors (Lipinski definition) is 1. The smallest absolute Gasteiger partial charge is 0.262 e. The van der Waals surface area contributed by atoms with Gasteiger partial charge in [-0.25, -0.2) is 0 Å². The second-order valence-electron chi connectivity index (χ2n) is 5.04. The average Bonchev–Trinajstić information content (AvgIpc) is 2.69. The van der Waals surface area contributed by atoms with E-state index in [2.05, 4.69) is 13.8 Å². The van der Waals surface area contributed by atoms with Crippen LogP contribution in [-0.2, 0) is 0 Å². The van der Waals surface area contributed by atoms with Gasteiger partial charge < -0.3 is 4.90 Å². The number of nitrogens with zero attached hydrogens (tertiary/aromatic N) is 1. The Morgan fingerprint density at radius 1 is 1.05 bits per heavy atom. The van der Waals surface area contributed by atoms with Crippen LogP contribution < -0.4 is 4.90 Å². The molecule has 2 rings (SSSR count). The number of benzene rings is 1. The first kappa shape index (κ1) is 13.7. The molecule has 0 spiro atoms. The minimum atomic E-state index is -0.153. The lowest BCUT2D eigenvalue weighted by Gasteiger charge is -2.26. The number of rotatable bonds is 5. The van der Waals surface area contributed by atoms with Crippen LogP contribution in [0.1, 0.15) is 41.5 Å². The number of likely N-dealkylation sites (N-methyl/N-ethyl adjacent to an activating group) is 1. The van der Waals surface area contributed by atoms with Gasteiger partial charge in [-0.05, 0) is 32.9 Å². The zero-order chi connectivity index (χ0) is 14.0. The summed E-state index contributed by atoms with van der Waals surface area (Å²) in [4.78, 5) is 27.4. The second-order valence-corrected chi connectivity index (χ2v) is 5.04. The van der Waals surface area contributed by atoms with Crippen LogP contribution >= 0.6 is 0 Å². The van der Waals surface area contributed by atoms with E-state index in [9.17, 15) is 9.59 Å². The third kappa shape index (κ3) is 2.40. The third-order valence-corrected chi connectivity index (χ3v) is 3.85. The molecule has 0 saturated heterocycles. The van der Waals surface area contributed by atoms with E-state index in [0.717, 1.165) is 19.6 Å². The van der Waals surface area contributed by atoms with E-state index in [-0.39, 0.29) is 17.9 Å². The molecule has 0 unspecified atom stereocenters. The van der Waals surface area contributed by atoms with Gasteiger partial charge >= 0.3 is 0 Å². The number of hydrogen-bond acceptors (Lipinski definition) is 2. The Balaban J connectivity index is 2.19. The standard InChI is InChI=1S/C15H20N2O2/c1-4-16(5-2)10-11(3)17-14(18)12-8-6-7-9-13(12)15(17)19/h6-9,11H,4-5,10H2,1-3H3/p+1/t11-/m1/s1. The molecular formula is C15H21N2O2+.